The number of rotatable bonds is 12. The first-order valence-corrected chi connectivity index (χ1v) is 13.9. The lowest BCUT2D eigenvalue weighted by Gasteiger charge is -2.43. The first kappa shape index (κ1) is 33.9. The van der Waals surface area contributed by atoms with E-state index >= 15 is 0 Å². The fourth-order valence-electron chi connectivity index (χ4n) is 4.83. The lowest BCUT2D eigenvalue weighted by atomic mass is 9.83. The van der Waals surface area contributed by atoms with Gasteiger partial charge in [-0.2, -0.15) is 8.42 Å². The highest BCUT2D eigenvalue weighted by Gasteiger charge is 2.47. The highest BCUT2D eigenvalue weighted by molar-refractivity contribution is 7.80. The van der Waals surface area contributed by atoms with Crippen LogP contribution in [0.15, 0.2) is 11.8 Å². The van der Waals surface area contributed by atoms with Crippen LogP contribution in [0.3, 0.4) is 0 Å². The summed E-state index contributed by atoms with van der Waals surface area (Å²) in [4.78, 5) is 11.2. The van der Waals surface area contributed by atoms with Gasteiger partial charge in [0.25, 0.3) is 0 Å². The van der Waals surface area contributed by atoms with E-state index in [9.17, 15) is 49.0 Å². The molecule has 3 rings (SSSR count). The number of carboxylic acids is 1. The summed E-state index contributed by atoms with van der Waals surface area (Å²) in [6.45, 7) is -0.853. The van der Waals surface area contributed by atoms with Crippen LogP contribution in [0.25, 0.3) is 0 Å². The van der Waals surface area contributed by atoms with E-state index in [0.717, 1.165) is 6.08 Å². The van der Waals surface area contributed by atoms with E-state index in [1.54, 1.807) is 0 Å². The molecule has 3 aliphatic heterocycles. The molecule has 0 bridgehead atoms. The second-order valence-electron chi connectivity index (χ2n) is 9.96. The number of carbonyl (C=O) groups is 1. The van der Waals surface area contributed by atoms with Gasteiger partial charge in [0.15, 0.2) is 12.4 Å². The summed E-state index contributed by atoms with van der Waals surface area (Å²) >= 11 is 0. The van der Waals surface area contributed by atoms with Gasteiger partial charge < -0.3 is 64.5 Å². The minimum absolute atomic E-state index is 0.341. The lowest BCUT2D eigenvalue weighted by molar-refractivity contribution is -0.273. The maximum absolute atomic E-state index is 11.2. The number of aliphatic carboxylic acids is 1. The molecule has 2 fully saturated rings. The summed E-state index contributed by atoms with van der Waals surface area (Å²) in [5, 5.41) is 80.5. The second kappa shape index (κ2) is 14.3. The average molecular weight is 621 g/mol. The van der Waals surface area contributed by atoms with Gasteiger partial charge in [-0.1, -0.05) is 0 Å². The van der Waals surface area contributed by atoms with Crippen molar-refractivity contribution in [1.82, 2.24) is 0 Å². The molecule has 19 heteroatoms. The van der Waals surface area contributed by atoms with Gasteiger partial charge in [-0.25, -0.2) is 8.98 Å². The summed E-state index contributed by atoms with van der Waals surface area (Å²) in [5.74, 6) is -4.05. The van der Waals surface area contributed by atoms with Crippen LogP contribution >= 0.6 is 0 Å². The Bertz CT molecular complexity index is 1010. The third-order valence-electron chi connectivity index (χ3n) is 7.11. The first-order chi connectivity index (χ1) is 19.1. The van der Waals surface area contributed by atoms with Crippen LogP contribution in [0.4, 0.5) is 0 Å². The maximum atomic E-state index is 11.2. The Balaban J connectivity index is 1.63. The van der Waals surface area contributed by atoms with E-state index in [2.05, 4.69) is 4.18 Å². The van der Waals surface area contributed by atoms with Gasteiger partial charge in [0, 0.05) is 11.8 Å². The number of aliphatic hydroxyl groups is 7. The normalized spacial score (nSPS) is 41.9. The standard InChI is InChI=1S/C22H36O18S/c1-8-16(25)20(40-41(32,33)34)19(28)15(37-8)7-35-4-9-10(22(31)39-13(3-23)17(9)26)5-36-6-14-18(27)11(24)2-12(38-14)21(29)30/h2,8-11,13-20,22-28,31H,3-7H2,1H3,(H,29,30)(H,32,33,34)/t8?,9-,10?,11+,13?,14-,15-,16+,17-,18?,19?,20-,22?/m0/s1. The highest BCUT2D eigenvalue weighted by Crippen LogP contribution is 2.32. The second-order valence-corrected chi connectivity index (χ2v) is 11.0. The van der Waals surface area contributed by atoms with Crippen LogP contribution in [-0.4, -0.2) is 160 Å². The van der Waals surface area contributed by atoms with E-state index in [-0.39, 0.29) is 13.2 Å². The first-order valence-electron chi connectivity index (χ1n) is 12.6. The molecule has 0 saturated carbocycles. The summed E-state index contributed by atoms with van der Waals surface area (Å²) in [6, 6.07) is 0. The molecular weight excluding hydrogens is 584 g/mol. The lowest BCUT2D eigenvalue weighted by Crippen LogP contribution is -2.59. The molecule has 9 N–H and O–H groups in total. The van der Waals surface area contributed by atoms with E-state index in [4.69, 9.17) is 33.3 Å². The largest absolute Gasteiger partial charge is 0.478 e. The van der Waals surface area contributed by atoms with Gasteiger partial charge in [0.2, 0.25) is 5.76 Å². The van der Waals surface area contributed by atoms with Crippen molar-refractivity contribution in [3.8, 4) is 0 Å². The van der Waals surface area contributed by atoms with E-state index in [0.29, 0.717) is 0 Å². The summed E-state index contributed by atoms with van der Waals surface area (Å²) in [6.07, 6.45) is -15.2. The average Bonchev–Trinajstić information content (AvgIpc) is 2.89. The molecule has 0 aromatic heterocycles. The third kappa shape index (κ3) is 8.51. The minimum Gasteiger partial charge on any atom is -0.478 e. The zero-order valence-electron chi connectivity index (χ0n) is 21.7. The Morgan fingerprint density at radius 1 is 0.854 bits per heavy atom. The molecule has 2 saturated heterocycles. The fourth-order valence-corrected chi connectivity index (χ4v) is 5.34. The van der Waals surface area contributed by atoms with Crippen molar-refractivity contribution in [2.45, 2.75) is 74.3 Å². The molecule has 0 aromatic rings. The monoisotopic (exact) mass is 620 g/mol. The SMILES string of the molecule is CC1O[C@@H](COC[C@H]2C(COC[C@@H]3OC(C(=O)O)=C[C@@H](O)C3O)C(O)OC(CO)[C@H]2O)C(O)[C@@H](OS(=O)(=O)O)[C@@H]1O. The molecule has 0 amide bonds. The van der Waals surface area contributed by atoms with E-state index < -0.39 is 121 Å². The smallest absolute Gasteiger partial charge is 0.397 e. The summed E-state index contributed by atoms with van der Waals surface area (Å²) in [7, 11) is -5.03. The molecular formula is C22H36O18S. The minimum atomic E-state index is -5.03. The van der Waals surface area contributed by atoms with Crippen LogP contribution in [0.2, 0.25) is 0 Å². The predicted octanol–water partition coefficient (Wildman–Crippen LogP) is -4.89. The van der Waals surface area contributed by atoms with E-state index in [1.165, 1.54) is 6.92 Å². The molecule has 3 aliphatic rings. The number of aliphatic hydroxyl groups excluding tert-OH is 7. The van der Waals surface area contributed by atoms with Gasteiger partial charge >= 0.3 is 16.4 Å². The molecule has 13 atom stereocenters. The van der Waals surface area contributed by atoms with Crippen molar-refractivity contribution in [3.63, 3.8) is 0 Å². The molecule has 41 heavy (non-hydrogen) atoms. The molecule has 18 nitrogen and oxygen atoms in total. The Hall–Kier alpha value is -1.56. The molecule has 0 aliphatic carbocycles. The van der Waals surface area contributed by atoms with Crippen molar-refractivity contribution in [3.05, 3.63) is 11.8 Å². The molecule has 0 aromatic carbocycles. The van der Waals surface area contributed by atoms with Gasteiger partial charge in [-0.15, -0.1) is 0 Å². The topological polar surface area (TPSA) is 289 Å². The quantitative estimate of drug-likeness (QED) is 0.0924. The predicted molar refractivity (Wildman–Crippen MR) is 128 cm³/mol. The zero-order chi connectivity index (χ0) is 30.6. The van der Waals surface area contributed by atoms with Gasteiger partial charge in [-0.3, -0.25) is 4.55 Å². The van der Waals surface area contributed by atoms with Crippen LogP contribution in [0.5, 0.6) is 0 Å². The summed E-state index contributed by atoms with van der Waals surface area (Å²) < 4.78 is 62.5. The van der Waals surface area contributed by atoms with Crippen molar-refractivity contribution in [2.75, 3.05) is 33.0 Å². The van der Waals surface area contributed by atoms with Crippen molar-refractivity contribution >= 4 is 16.4 Å². The molecule has 238 valence electrons. The Morgan fingerprint density at radius 2 is 1.46 bits per heavy atom. The van der Waals surface area contributed by atoms with Crippen LogP contribution < -0.4 is 0 Å². The third-order valence-corrected chi connectivity index (χ3v) is 7.58. The van der Waals surface area contributed by atoms with Gasteiger partial charge in [-0.05, 0) is 13.0 Å². The molecule has 0 spiro atoms. The van der Waals surface area contributed by atoms with Crippen molar-refractivity contribution < 1.29 is 86.5 Å². The maximum Gasteiger partial charge on any atom is 0.397 e. The van der Waals surface area contributed by atoms with E-state index in [1.807, 2.05) is 0 Å². The summed E-state index contributed by atoms with van der Waals surface area (Å²) in [5.41, 5.74) is 0. The van der Waals surface area contributed by atoms with Crippen molar-refractivity contribution in [1.29, 1.82) is 0 Å². The number of hydrogen-bond donors (Lipinski definition) is 9. The number of ether oxygens (including phenoxy) is 5. The fraction of sp³-hybridized carbons (Fsp3) is 0.864. The van der Waals surface area contributed by atoms with Crippen LogP contribution in [0.1, 0.15) is 6.92 Å². The van der Waals surface area contributed by atoms with Crippen LogP contribution in [-0.2, 0) is 43.1 Å². The zero-order valence-corrected chi connectivity index (χ0v) is 22.5. The van der Waals surface area contributed by atoms with Gasteiger partial charge in [0.05, 0.1) is 45.2 Å². The molecule has 3 heterocycles. The Kier molecular flexibility index (Phi) is 11.8. The highest BCUT2D eigenvalue weighted by atomic mass is 32.3. The van der Waals surface area contributed by atoms with Gasteiger partial charge in [0.1, 0.15) is 42.7 Å². The number of carboxylic acid groups (broad SMARTS) is 1. The van der Waals surface area contributed by atoms with Crippen molar-refractivity contribution in [2.24, 2.45) is 11.8 Å². The number of hydrogen-bond acceptors (Lipinski definition) is 16. The molecule has 6 unspecified atom stereocenters. The van der Waals surface area contributed by atoms with Crippen LogP contribution in [0, 0.1) is 11.8 Å². The Labute approximate surface area is 234 Å². The molecule has 0 radical (unpaired) electrons. The Morgan fingerprint density at radius 3 is 2.05 bits per heavy atom.